The van der Waals surface area contributed by atoms with Gasteiger partial charge < -0.3 is 19.7 Å². The highest BCUT2D eigenvalue weighted by molar-refractivity contribution is 5.94. The lowest BCUT2D eigenvalue weighted by molar-refractivity contribution is -0.0442. The summed E-state index contributed by atoms with van der Waals surface area (Å²) < 4.78 is 25.8. The Kier molecular flexibility index (Phi) is 8.89. The Hall–Kier alpha value is -2.58. The number of anilines is 1. The molecule has 3 aliphatic rings. The van der Waals surface area contributed by atoms with Crippen molar-refractivity contribution in [1.29, 1.82) is 0 Å². The first-order chi connectivity index (χ1) is 18.5. The third-order valence-electron chi connectivity index (χ3n) is 8.54. The van der Waals surface area contributed by atoms with E-state index in [1.54, 1.807) is 0 Å². The summed E-state index contributed by atoms with van der Waals surface area (Å²) >= 11 is 0. The van der Waals surface area contributed by atoms with Crippen LogP contribution < -0.4 is 5.32 Å². The number of alkyl halides is 1. The third kappa shape index (κ3) is 6.52. The van der Waals surface area contributed by atoms with E-state index >= 15 is 0 Å². The first kappa shape index (κ1) is 27.0. The van der Waals surface area contributed by atoms with Gasteiger partial charge in [0, 0.05) is 31.8 Å². The maximum absolute atomic E-state index is 14.2. The quantitative estimate of drug-likeness (QED) is 0.520. The predicted octanol–water partition coefficient (Wildman–Crippen LogP) is 5.43. The first-order valence-electron chi connectivity index (χ1n) is 14.3. The minimum Gasteiger partial charge on any atom is -0.378 e. The van der Waals surface area contributed by atoms with E-state index in [0.717, 1.165) is 50.5 Å². The fourth-order valence-corrected chi connectivity index (χ4v) is 6.09. The summed E-state index contributed by atoms with van der Waals surface area (Å²) in [6, 6.07) is 8.59. The van der Waals surface area contributed by atoms with Crippen molar-refractivity contribution in [2.75, 3.05) is 38.2 Å². The van der Waals surface area contributed by atoms with E-state index < -0.39 is 6.17 Å². The number of benzene rings is 1. The van der Waals surface area contributed by atoms with Gasteiger partial charge in [-0.3, -0.25) is 4.79 Å². The topological polar surface area (TPSA) is 76.6 Å². The van der Waals surface area contributed by atoms with Crippen molar-refractivity contribution in [3.8, 4) is 0 Å². The average molecular weight is 525 g/mol. The number of halogens is 1. The molecule has 4 heterocycles. The second kappa shape index (κ2) is 12.5. The second-order valence-electron chi connectivity index (χ2n) is 11.3. The lowest BCUT2D eigenvalue weighted by atomic mass is 9.83. The molecule has 1 aromatic carbocycles. The normalized spacial score (nSPS) is 26.8. The molecule has 0 radical (unpaired) electrons. The van der Waals surface area contributed by atoms with Gasteiger partial charge in [-0.25, -0.2) is 14.4 Å². The molecular formula is C30H41FN4O3. The van der Waals surface area contributed by atoms with E-state index in [4.69, 9.17) is 9.47 Å². The Morgan fingerprint density at radius 2 is 1.87 bits per heavy atom. The molecule has 3 aliphatic heterocycles. The van der Waals surface area contributed by atoms with Gasteiger partial charge in [0.15, 0.2) is 0 Å². The number of likely N-dealkylation sites (tertiary alicyclic amines) is 1. The molecule has 4 atom stereocenters. The van der Waals surface area contributed by atoms with Crippen LogP contribution in [0.15, 0.2) is 30.6 Å². The van der Waals surface area contributed by atoms with Crippen LogP contribution in [0.5, 0.6) is 0 Å². The lowest BCUT2D eigenvalue weighted by Crippen LogP contribution is -2.40. The van der Waals surface area contributed by atoms with Crippen molar-refractivity contribution in [3.05, 3.63) is 53.0 Å². The number of aromatic nitrogens is 2. The van der Waals surface area contributed by atoms with Gasteiger partial charge in [0.25, 0.3) is 5.91 Å². The third-order valence-corrected chi connectivity index (χ3v) is 8.54. The van der Waals surface area contributed by atoms with Crippen molar-refractivity contribution >= 4 is 11.7 Å². The van der Waals surface area contributed by atoms with Crippen LogP contribution in [-0.2, 0) is 9.47 Å². The molecule has 38 heavy (non-hydrogen) atoms. The first-order valence-corrected chi connectivity index (χ1v) is 14.3. The van der Waals surface area contributed by atoms with Crippen molar-refractivity contribution in [2.45, 2.75) is 77.2 Å². The van der Waals surface area contributed by atoms with Gasteiger partial charge in [-0.2, -0.15) is 0 Å². The summed E-state index contributed by atoms with van der Waals surface area (Å²) in [5.74, 6) is 1.19. The van der Waals surface area contributed by atoms with Gasteiger partial charge in [0.05, 0.1) is 18.8 Å². The van der Waals surface area contributed by atoms with Crippen LogP contribution in [0, 0.1) is 25.7 Å². The summed E-state index contributed by atoms with van der Waals surface area (Å²) in [6.07, 6.45) is 7.47. The van der Waals surface area contributed by atoms with Crippen LogP contribution in [0.25, 0.3) is 0 Å². The maximum Gasteiger partial charge on any atom is 0.272 e. The average Bonchev–Trinajstić information content (AvgIpc) is 2.94. The molecule has 7 nitrogen and oxygen atoms in total. The molecule has 8 heteroatoms. The number of carbonyl (C=O) groups is 1. The Morgan fingerprint density at radius 1 is 1.08 bits per heavy atom. The molecule has 0 aliphatic carbocycles. The van der Waals surface area contributed by atoms with Crippen molar-refractivity contribution in [2.24, 2.45) is 11.8 Å². The smallest absolute Gasteiger partial charge is 0.272 e. The van der Waals surface area contributed by atoms with E-state index in [-0.39, 0.29) is 30.6 Å². The number of rotatable bonds is 7. The minimum atomic E-state index is -0.856. The fourth-order valence-electron chi connectivity index (χ4n) is 6.09. The molecule has 2 unspecified atom stereocenters. The van der Waals surface area contributed by atoms with E-state index in [1.807, 2.05) is 11.8 Å². The van der Waals surface area contributed by atoms with Gasteiger partial charge in [0.2, 0.25) is 0 Å². The highest BCUT2D eigenvalue weighted by atomic mass is 19.1. The van der Waals surface area contributed by atoms with E-state index in [1.165, 1.54) is 17.5 Å². The van der Waals surface area contributed by atoms with Crippen LogP contribution in [0.2, 0.25) is 0 Å². The summed E-state index contributed by atoms with van der Waals surface area (Å²) in [4.78, 5) is 24.0. The molecule has 0 bridgehead atoms. The van der Waals surface area contributed by atoms with Crippen LogP contribution in [0.1, 0.15) is 78.2 Å². The molecule has 1 amide bonds. The lowest BCUT2D eigenvalue weighted by Gasteiger charge is -2.35. The fraction of sp³-hybridized carbons (Fsp3) is 0.633. The van der Waals surface area contributed by atoms with E-state index in [0.29, 0.717) is 43.7 Å². The largest absolute Gasteiger partial charge is 0.378 e. The SMILES string of the molecule is Cc1ccc([C@@H]2CCC[C@H](CNc3ncnc(C(=O)N4CCC(CC5CCOCC5F)CC4)c3C)O2)cc1. The molecule has 5 rings (SSSR count). The molecule has 1 aromatic heterocycles. The molecule has 206 valence electrons. The Morgan fingerprint density at radius 3 is 2.63 bits per heavy atom. The summed E-state index contributed by atoms with van der Waals surface area (Å²) in [5.41, 5.74) is 3.71. The molecule has 0 saturated carbocycles. The van der Waals surface area contributed by atoms with Gasteiger partial charge in [0.1, 0.15) is 24.0 Å². The molecule has 3 fully saturated rings. The number of amides is 1. The number of hydrogen-bond acceptors (Lipinski definition) is 6. The minimum absolute atomic E-state index is 0.0471. The summed E-state index contributed by atoms with van der Waals surface area (Å²) in [6.45, 7) is 6.90. The van der Waals surface area contributed by atoms with Crippen molar-refractivity contribution < 1.29 is 18.7 Å². The van der Waals surface area contributed by atoms with Gasteiger partial charge >= 0.3 is 0 Å². The Bertz CT molecular complexity index is 1070. The highest BCUT2D eigenvalue weighted by Gasteiger charge is 2.32. The molecule has 0 spiro atoms. The van der Waals surface area contributed by atoms with E-state index in [2.05, 4.69) is 46.5 Å². The maximum atomic E-state index is 14.2. The number of ether oxygens (including phenoxy) is 2. The van der Waals surface area contributed by atoms with Crippen LogP contribution >= 0.6 is 0 Å². The number of nitrogens with one attached hydrogen (secondary N) is 1. The number of aryl methyl sites for hydroxylation is 1. The number of nitrogens with zero attached hydrogens (tertiary/aromatic N) is 3. The van der Waals surface area contributed by atoms with Gasteiger partial charge in [-0.15, -0.1) is 0 Å². The number of piperidine rings is 1. The highest BCUT2D eigenvalue weighted by Crippen LogP contribution is 2.33. The zero-order valence-electron chi connectivity index (χ0n) is 22.7. The monoisotopic (exact) mass is 524 g/mol. The Balaban J connectivity index is 1.13. The van der Waals surface area contributed by atoms with Crippen molar-refractivity contribution in [3.63, 3.8) is 0 Å². The van der Waals surface area contributed by atoms with Gasteiger partial charge in [-0.05, 0) is 76.2 Å². The molecule has 2 aromatic rings. The second-order valence-corrected chi connectivity index (χ2v) is 11.3. The summed E-state index contributed by atoms with van der Waals surface area (Å²) in [5, 5.41) is 3.43. The summed E-state index contributed by atoms with van der Waals surface area (Å²) in [7, 11) is 0. The van der Waals surface area contributed by atoms with Crippen LogP contribution in [0.3, 0.4) is 0 Å². The molecule has 1 N–H and O–H groups in total. The van der Waals surface area contributed by atoms with Crippen LogP contribution in [-0.4, -0.2) is 65.9 Å². The number of hydrogen-bond donors (Lipinski definition) is 1. The van der Waals surface area contributed by atoms with Gasteiger partial charge in [-0.1, -0.05) is 29.8 Å². The molecular weight excluding hydrogens is 483 g/mol. The van der Waals surface area contributed by atoms with Crippen molar-refractivity contribution in [1.82, 2.24) is 14.9 Å². The molecule has 3 saturated heterocycles. The van der Waals surface area contributed by atoms with Crippen LogP contribution in [0.4, 0.5) is 10.2 Å². The number of carbonyl (C=O) groups excluding carboxylic acids is 1. The zero-order valence-corrected chi connectivity index (χ0v) is 22.7. The zero-order chi connectivity index (χ0) is 26.5. The standard InChI is InChI=1S/C30H41FN4O3/c1-20-6-8-23(9-7-20)27-5-3-4-25(38-27)17-32-29-21(2)28(33-19-34-29)30(36)35-13-10-22(11-14-35)16-24-12-15-37-18-26(24)31/h6-9,19,22,24-27H,3-5,10-18H2,1-2H3,(H,32,33,34)/t24?,25-,26?,27+/m1/s1. The predicted molar refractivity (Wildman–Crippen MR) is 145 cm³/mol. The Labute approximate surface area is 225 Å². The van der Waals surface area contributed by atoms with E-state index in [9.17, 15) is 9.18 Å².